The molecule has 0 saturated heterocycles. The first kappa shape index (κ1) is 21.5. The molecule has 1 aromatic rings. The molecule has 0 radical (unpaired) electrons. The average molecular weight is 389 g/mol. The van der Waals surface area contributed by atoms with Crippen LogP contribution in [0.4, 0.5) is 26.3 Å². The van der Waals surface area contributed by atoms with Crippen LogP contribution in [-0.2, 0) is 14.3 Å². The van der Waals surface area contributed by atoms with Crippen LogP contribution >= 0.6 is 0 Å². The molecule has 0 aliphatic heterocycles. The third-order valence-corrected chi connectivity index (χ3v) is 2.73. The van der Waals surface area contributed by atoms with E-state index in [1.54, 1.807) is 0 Å². The first-order chi connectivity index (χ1) is 11.9. The van der Waals surface area contributed by atoms with Crippen LogP contribution < -0.4 is 10.1 Å². The highest BCUT2D eigenvalue weighted by molar-refractivity contribution is 5.78. The number of carboxylic acids is 1. The average Bonchev–Trinajstić information content (AvgIpc) is 2.43. The van der Waals surface area contributed by atoms with Crippen molar-refractivity contribution in [1.82, 2.24) is 5.32 Å². The molecule has 12 heteroatoms. The van der Waals surface area contributed by atoms with E-state index in [1.165, 1.54) is 0 Å². The van der Waals surface area contributed by atoms with E-state index in [9.17, 15) is 35.9 Å². The van der Waals surface area contributed by atoms with Crippen LogP contribution in [0.5, 0.6) is 5.75 Å². The standard InChI is InChI=1S/C14H13F6NO5/c15-13(16,17)7-25-6-11(22)21-10(5-12(23)24)8-1-3-9(4-2-8)26-14(18,19)20/h1-4,10H,5-7H2,(H,21,22)(H,23,24). The minimum atomic E-state index is -4.91. The molecule has 26 heavy (non-hydrogen) atoms. The van der Waals surface area contributed by atoms with E-state index < -0.39 is 55.8 Å². The number of amides is 1. The van der Waals surface area contributed by atoms with Crippen molar-refractivity contribution in [3.8, 4) is 5.75 Å². The summed E-state index contributed by atoms with van der Waals surface area (Å²) in [6, 6.07) is 2.81. The normalized spacial score (nSPS) is 13.2. The highest BCUT2D eigenvalue weighted by Crippen LogP contribution is 2.25. The van der Waals surface area contributed by atoms with Gasteiger partial charge in [-0.05, 0) is 17.7 Å². The Bertz CT molecular complexity index is 614. The maximum Gasteiger partial charge on any atom is 0.573 e. The first-order valence-electron chi connectivity index (χ1n) is 6.87. The Balaban J connectivity index is 2.74. The smallest absolute Gasteiger partial charge is 0.481 e. The number of rotatable bonds is 8. The van der Waals surface area contributed by atoms with Gasteiger partial charge in [0.05, 0.1) is 12.5 Å². The summed E-state index contributed by atoms with van der Waals surface area (Å²) in [5, 5.41) is 11.0. The van der Waals surface area contributed by atoms with Gasteiger partial charge < -0.3 is 19.9 Å². The molecule has 0 saturated carbocycles. The molecule has 1 unspecified atom stereocenters. The van der Waals surface area contributed by atoms with E-state index in [2.05, 4.69) is 14.8 Å². The summed E-state index contributed by atoms with van der Waals surface area (Å²) < 4.78 is 79.9. The van der Waals surface area contributed by atoms with Gasteiger partial charge in [0.1, 0.15) is 19.0 Å². The van der Waals surface area contributed by atoms with Crippen LogP contribution in [0.1, 0.15) is 18.0 Å². The molecule has 0 aliphatic carbocycles. The molecule has 0 aromatic heterocycles. The number of benzene rings is 1. The molecule has 6 nitrogen and oxygen atoms in total. The fourth-order valence-corrected chi connectivity index (χ4v) is 1.82. The SMILES string of the molecule is O=C(O)CC(NC(=O)COCC(F)(F)F)c1ccc(OC(F)(F)F)cc1. The van der Waals surface area contributed by atoms with Crippen LogP contribution in [0.3, 0.4) is 0 Å². The molecule has 0 bridgehead atoms. The molecule has 0 fully saturated rings. The molecular weight excluding hydrogens is 376 g/mol. The van der Waals surface area contributed by atoms with E-state index >= 15 is 0 Å². The quantitative estimate of drug-likeness (QED) is 0.668. The summed E-state index contributed by atoms with van der Waals surface area (Å²) in [6.45, 7) is -2.63. The topological polar surface area (TPSA) is 84.9 Å². The minimum Gasteiger partial charge on any atom is -0.481 e. The Labute approximate surface area is 142 Å². The van der Waals surface area contributed by atoms with Crippen LogP contribution in [-0.4, -0.2) is 42.7 Å². The van der Waals surface area contributed by atoms with Crippen LogP contribution in [0, 0.1) is 0 Å². The maximum absolute atomic E-state index is 12.1. The second-order valence-electron chi connectivity index (χ2n) is 4.94. The third-order valence-electron chi connectivity index (χ3n) is 2.73. The molecule has 1 atom stereocenters. The second kappa shape index (κ2) is 8.74. The molecule has 1 amide bonds. The maximum atomic E-state index is 12.1. The van der Waals surface area contributed by atoms with Crippen molar-refractivity contribution in [2.24, 2.45) is 0 Å². The predicted molar refractivity (Wildman–Crippen MR) is 73.1 cm³/mol. The van der Waals surface area contributed by atoms with Crippen molar-refractivity contribution in [1.29, 1.82) is 0 Å². The number of alkyl halides is 6. The Morgan fingerprint density at radius 3 is 2.12 bits per heavy atom. The summed E-state index contributed by atoms with van der Waals surface area (Å²) in [5.41, 5.74) is 0.117. The number of carboxylic acid groups (broad SMARTS) is 1. The summed E-state index contributed by atoms with van der Waals surface area (Å²) in [7, 11) is 0. The Morgan fingerprint density at radius 2 is 1.65 bits per heavy atom. The summed E-state index contributed by atoms with van der Waals surface area (Å²) in [4.78, 5) is 22.4. The number of aliphatic carboxylic acids is 1. The van der Waals surface area contributed by atoms with Gasteiger partial charge in [-0.15, -0.1) is 13.2 Å². The van der Waals surface area contributed by atoms with Crippen LogP contribution in [0.15, 0.2) is 24.3 Å². The molecule has 146 valence electrons. The lowest BCUT2D eigenvalue weighted by Gasteiger charge is -2.18. The van der Waals surface area contributed by atoms with Gasteiger partial charge in [0, 0.05) is 0 Å². The number of hydrogen-bond donors (Lipinski definition) is 2. The first-order valence-corrected chi connectivity index (χ1v) is 6.87. The number of halogens is 6. The number of carbonyl (C=O) groups excluding carboxylic acids is 1. The second-order valence-corrected chi connectivity index (χ2v) is 4.94. The van der Waals surface area contributed by atoms with E-state index in [0.717, 1.165) is 24.3 Å². The van der Waals surface area contributed by atoms with E-state index in [1.807, 2.05) is 0 Å². The molecule has 1 aromatic carbocycles. The number of nitrogens with one attached hydrogen (secondary N) is 1. The van der Waals surface area contributed by atoms with E-state index in [-0.39, 0.29) is 5.56 Å². The van der Waals surface area contributed by atoms with E-state index in [0.29, 0.717) is 0 Å². The Hall–Kier alpha value is -2.50. The Morgan fingerprint density at radius 1 is 1.08 bits per heavy atom. The Kier molecular flexibility index (Phi) is 7.24. The summed E-state index contributed by atoms with van der Waals surface area (Å²) >= 11 is 0. The lowest BCUT2D eigenvalue weighted by atomic mass is 10.0. The number of hydrogen-bond acceptors (Lipinski definition) is 4. The zero-order chi connectivity index (χ0) is 20.0. The van der Waals surface area contributed by atoms with Crippen molar-refractivity contribution in [2.75, 3.05) is 13.2 Å². The molecule has 0 heterocycles. The van der Waals surface area contributed by atoms with Gasteiger partial charge >= 0.3 is 18.5 Å². The lowest BCUT2D eigenvalue weighted by molar-refractivity contribution is -0.274. The lowest BCUT2D eigenvalue weighted by Crippen LogP contribution is -2.34. The number of ether oxygens (including phenoxy) is 2. The fourth-order valence-electron chi connectivity index (χ4n) is 1.82. The molecule has 0 spiro atoms. The van der Waals surface area contributed by atoms with Gasteiger partial charge in [-0.3, -0.25) is 9.59 Å². The highest BCUT2D eigenvalue weighted by atomic mass is 19.4. The fraction of sp³-hybridized carbons (Fsp3) is 0.429. The van der Waals surface area contributed by atoms with Gasteiger partial charge in [-0.2, -0.15) is 13.2 Å². The van der Waals surface area contributed by atoms with Crippen LogP contribution in [0.25, 0.3) is 0 Å². The van der Waals surface area contributed by atoms with Gasteiger partial charge in [0.25, 0.3) is 0 Å². The minimum absolute atomic E-state index is 0.117. The van der Waals surface area contributed by atoms with Crippen molar-refractivity contribution in [2.45, 2.75) is 25.0 Å². The summed E-state index contributed by atoms with van der Waals surface area (Å²) in [5.74, 6) is -2.92. The van der Waals surface area contributed by atoms with Crippen molar-refractivity contribution in [3.63, 3.8) is 0 Å². The zero-order valence-electron chi connectivity index (χ0n) is 12.9. The molecular formula is C14H13F6NO5. The number of carbonyl (C=O) groups is 2. The molecule has 0 aliphatic rings. The van der Waals surface area contributed by atoms with Crippen molar-refractivity contribution >= 4 is 11.9 Å². The van der Waals surface area contributed by atoms with Gasteiger partial charge in [0.15, 0.2) is 0 Å². The largest absolute Gasteiger partial charge is 0.573 e. The highest BCUT2D eigenvalue weighted by Gasteiger charge is 2.31. The molecule has 2 N–H and O–H groups in total. The van der Waals surface area contributed by atoms with Crippen molar-refractivity contribution in [3.05, 3.63) is 29.8 Å². The van der Waals surface area contributed by atoms with Crippen molar-refractivity contribution < 1.29 is 50.5 Å². The zero-order valence-corrected chi connectivity index (χ0v) is 12.9. The van der Waals surface area contributed by atoms with Crippen LogP contribution in [0.2, 0.25) is 0 Å². The monoisotopic (exact) mass is 389 g/mol. The van der Waals surface area contributed by atoms with Gasteiger partial charge in [0.2, 0.25) is 5.91 Å². The summed E-state index contributed by atoms with van der Waals surface area (Å²) in [6.07, 6.45) is -10.2. The predicted octanol–water partition coefficient (Wildman–Crippen LogP) is 2.80. The molecule has 1 rings (SSSR count). The van der Waals surface area contributed by atoms with E-state index in [4.69, 9.17) is 5.11 Å². The van der Waals surface area contributed by atoms with Gasteiger partial charge in [-0.25, -0.2) is 0 Å². The van der Waals surface area contributed by atoms with Gasteiger partial charge in [-0.1, -0.05) is 12.1 Å². The third kappa shape index (κ3) is 9.11.